The maximum absolute atomic E-state index is 5.63. The van der Waals surface area contributed by atoms with Crippen molar-refractivity contribution in [2.75, 3.05) is 18.0 Å². The zero-order valence-corrected chi connectivity index (χ0v) is 17.7. The highest BCUT2D eigenvalue weighted by atomic mass is 16.5. The van der Waals surface area contributed by atoms with Crippen LogP contribution < -0.4 is 4.90 Å². The minimum Gasteiger partial charge on any atom is -0.339 e. The monoisotopic (exact) mass is 407 g/mol. The highest BCUT2D eigenvalue weighted by Crippen LogP contribution is 2.31. The van der Waals surface area contributed by atoms with E-state index in [1.807, 2.05) is 24.7 Å². The van der Waals surface area contributed by atoms with Crippen LogP contribution in [0.15, 0.2) is 27.2 Å². The normalized spacial score (nSPS) is 15.6. The molecular formula is C21H25N7O2. The molecule has 0 spiro atoms. The molecule has 1 aliphatic heterocycles. The van der Waals surface area contributed by atoms with Gasteiger partial charge < -0.3 is 13.9 Å². The van der Waals surface area contributed by atoms with Gasteiger partial charge in [0.25, 0.3) is 0 Å². The van der Waals surface area contributed by atoms with Gasteiger partial charge in [-0.1, -0.05) is 36.3 Å². The first kappa shape index (κ1) is 18.8. The average Bonchev–Trinajstić information content (AvgIpc) is 3.48. The van der Waals surface area contributed by atoms with Gasteiger partial charge in [-0.3, -0.25) is 4.68 Å². The highest BCUT2D eigenvalue weighted by Gasteiger charge is 2.28. The van der Waals surface area contributed by atoms with E-state index in [0.717, 1.165) is 53.9 Å². The lowest BCUT2D eigenvalue weighted by atomic mass is 9.97. The predicted molar refractivity (Wildman–Crippen MR) is 111 cm³/mol. The number of aryl methyl sites for hydroxylation is 2. The molecule has 0 N–H and O–H groups in total. The number of benzene rings is 1. The molecule has 1 aliphatic rings. The summed E-state index contributed by atoms with van der Waals surface area (Å²) in [6.45, 7) is 7.77. The second-order valence-corrected chi connectivity index (χ2v) is 8.25. The maximum Gasteiger partial charge on any atom is 0.324 e. The summed E-state index contributed by atoms with van der Waals surface area (Å²) in [5.41, 5.74) is 3.01. The van der Waals surface area contributed by atoms with Crippen molar-refractivity contribution in [1.82, 2.24) is 30.1 Å². The summed E-state index contributed by atoms with van der Waals surface area (Å²) in [6.07, 6.45) is 1.81. The molecule has 30 heavy (non-hydrogen) atoms. The fourth-order valence-electron chi connectivity index (χ4n) is 4.00. The van der Waals surface area contributed by atoms with Crippen molar-refractivity contribution < 1.29 is 9.05 Å². The third-order valence-corrected chi connectivity index (χ3v) is 5.80. The van der Waals surface area contributed by atoms with Crippen LogP contribution in [-0.4, -0.2) is 43.2 Å². The van der Waals surface area contributed by atoms with Gasteiger partial charge in [0.2, 0.25) is 11.7 Å². The van der Waals surface area contributed by atoms with Crippen molar-refractivity contribution in [3.63, 3.8) is 0 Å². The van der Waals surface area contributed by atoms with Gasteiger partial charge in [-0.05, 0) is 25.8 Å². The van der Waals surface area contributed by atoms with Crippen LogP contribution in [0.4, 0.5) is 6.01 Å². The summed E-state index contributed by atoms with van der Waals surface area (Å²) >= 11 is 0. The Morgan fingerprint density at radius 2 is 1.87 bits per heavy atom. The highest BCUT2D eigenvalue weighted by molar-refractivity contribution is 5.85. The minimum absolute atomic E-state index is 0.234. The summed E-state index contributed by atoms with van der Waals surface area (Å²) < 4.78 is 12.9. The Labute approximate surface area is 174 Å². The average molecular weight is 407 g/mol. The first-order chi connectivity index (χ1) is 14.5. The van der Waals surface area contributed by atoms with E-state index in [4.69, 9.17) is 14.0 Å². The number of piperidine rings is 1. The van der Waals surface area contributed by atoms with Gasteiger partial charge in [0.15, 0.2) is 5.82 Å². The van der Waals surface area contributed by atoms with Crippen molar-refractivity contribution in [3.05, 3.63) is 35.6 Å². The number of nitrogens with zero attached hydrogens (tertiary/aromatic N) is 7. The fraction of sp³-hybridized carbons (Fsp3) is 0.476. The van der Waals surface area contributed by atoms with Crippen LogP contribution in [0.25, 0.3) is 22.3 Å². The van der Waals surface area contributed by atoms with Crippen LogP contribution in [-0.2, 0) is 7.05 Å². The van der Waals surface area contributed by atoms with Gasteiger partial charge in [-0.2, -0.15) is 15.1 Å². The Bertz CT molecular complexity index is 1180. The van der Waals surface area contributed by atoms with E-state index in [1.165, 1.54) is 0 Å². The number of fused-ring (bicyclic) bond motifs is 1. The van der Waals surface area contributed by atoms with Crippen molar-refractivity contribution in [1.29, 1.82) is 0 Å². The Hall–Kier alpha value is -3.23. The molecule has 0 radical (unpaired) electrons. The van der Waals surface area contributed by atoms with Crippen LogP contribution in [0.5, 0.6) is 0 Å². The molecule has 9 heteroatoms. The minimum atomic E-state index is 0.234. The molecule has 3 aromatic heterocycles. The largest absolute Gasteiger partial charge is 0.339 e. The van der Waals surface area contributed by atoms with Gasteiger partial charge in [0, 0.05) is 42.9 Å². The second kappa shape index (κ2) is 7.23. The molecule has 1 saturated heterocycles. The summed E-state index contributed by atoms with van der Waals surface area (Å²) in [5.74, 6) is 2.55. The van der Waals surface area contributed by atoms with Gasteiger partial charge >= 0.3 is 6.01 Å². The number of aromatic nitrogens is 6. The molecule has 0 atom stereocenters. The molecule has 0 amide bonds. The van der Waals surface area contributed by atoms with Crippen LogP contribution in [0.1, 0.15) is 55.9 Å². The van der Waals surface area contributed by atoms with Gasteiger partial charge in [-0.25, -0.2) is 0 Å². The SMILES string of the molecule is Cc1nn(C)c2cc(-c3noc(C4CCN(c5nc(C(C)C)no5)CC4)n3)ccc12. The van der Waals surface area contributed by atoms with Crippen LogP contribution in [0.2, 0.25) is 0 Å². The van der Waals surface area contributed by atoms with E-state index in [-0.39, 0.29) is 11.8 Å². The standard InChI is InChI=1S/C21H25N7O2/c1-12(2)18-23-21(30-25-18)28-9-7-14(8-10-28)20-22-19(26-29-20)15-5-6-16-13(3)24-27(4)17(16)11-15/h5-6,11-12,14H,7-10H2,1-4H3. The predicted octanol–water partition coefficient (Wildman–Crippen LogP) is 3.82. The molecule has 0 unspecified atom stereocenters. The Kier molecular flexibility index (Phi) is 4.52. The van der Waals surface area contributed by atoms with Crippen molar-refractivity contribution in [2.24, 2.45) is 7.05 Å². The van der Waals surface area contributed by atoms with Crippen molar-refractivity contribution >= 4 is 16.9 Å². The number of hydrogen-bond donors (Lipinski definition) is 0. The first-order valence-electron chi connectivity index (χ1n) is 10.4. The van der Waals surface area contributed by atoms with Gasteiger partial charge in [-0.15, -0.1) is 0 Å². The second-order valence-electron chi connectivity index (χ2n) is 8.25. The number of rotatable bonds is 4. The van der Waals surface area contributed by atoms with Crippen molar-refractivity contribution in [3.8, 4) is 11.4 Å². The molecule has 9 nitrogen and oxygen atoms in total. The van der Waals surface area contributed by atoms with Gasteiger partial charge in [0.05, 0.1) is 11.2 Å². The Morgan fingerprint density at radius 1 is 1.07 bits per heavy atom. The van der Waals surface area contributed by atoms with Crippen molar-refractivity contribution in [2.45, 2.75) is 45.4 Å². The molecule has 1 aromatic carbocycles. The molecule has 156 valence electrons. The zero-order valence-electron chi connectivity index (χ0n) is 17.7. The summed E-state index contributed by atoms with van der Waals surface area (Å²) in [4.78, 5) is 11.3. The summed E-state index contributed by atoms with van der Waals surface area (Å²) in [7, 11) is 1.95. The molecule has 5 rings (SSSR count). The van der Waals surface area contributed by atoms with Gasteiger partial charge in [0.1, 0.15) is 0 Å². The zero-order chi connectivity index (χ0) is 20.8. The lowest BCUT2D eigenvalue weighted by Gasteiger charge is -2.28. The molecule has 4 heterocycles. The first-order valence-corrected chi connectivity index (χ1v) is 10.4. The van der Waals surface area contributed by atoms with Crippen LogP contribution in [0.3, 0.4) is 0 Å². The number of anilines is 1. The molecule has 0 bridgehead atoms. The van der Waals surface area contributed by atoms with Crippen LogP contribution in [0, 0.1) is 6.92 Å². The lowest BCUT2D eigenvalue weighted by Crippen LogP contribution is -2.33. The Balaban J connectivity index is 1.30. The molecule has 0 aliphatic carbocycles. The van der Waals surface area contributed by atoms with E-state index in [1.54, 1.807) is 0 Å². The van der Waals surface area contributed by atoms with E-state index < -0.39 is 0 Å². The van der Waals surface area contributed by atoms with E-state index in [0.29, 0.717) is 17.7 Å². The molecule has 1 fully saturated rings. The Morgan fingerprint density at radius 3 is 2.60 bits per heavy atom. The van der Waals surface area contributed by atoms with E-state index in [9.17, 15) is 0 Å². The third-order valence-electron chi connectivity index (χ3n) is 5.80. The molecule has 0 saturated carbocycles. The fourth-order valence-corrected chi connectivity index (χ4v) is 4.00. The lowest BCUT2D eigenvalue weighted by molar-refractivity contribution is 0.322. The maximum atomic E-state index is 5.63. The quantitative estimate of drug-likeness (QED) is 0.503. The van der Waals surface area contributed by atoms with E-state index in [2.05, 4.69) is 51.3 Å². The third kappa shape index (κ3) is 3.24. The summed E-state index contributed by atoms with van der Waals surface area (Å²) in [5, 5.41) is 13.9. The van der Waals surface area contributed by atoms with Crippen LogP contribution >= 0.6 is 0 Å². The molecular weight excluding hydrogens is 382 g/mol. The smallest absolute Gasteiger partial charge is 0.324 e. The van der Waals surface area contributed by atoms with E-state index >= 15 is 0 Å². The number of hydrogen-bond acceptors (Lipinski definition) is 8. The molecule has 4 aromatic rings. The topological polar surface area (TPSA) is 98.9 Å². The summed E-state index contributed by atoms with van der Waals surface area (Å²) in [6, 6.07) is 6.75.